The lowest BCUT2D eigenvalue weighted by atomic mass is 10.0. The number of anilines is 1. The SMILES string of the molecule is COc1ccccc1C(=O)N[C@H](C(=O)Nc1cccc(C(C)=O)c1)C(C)C. The summed E-state index contributed by atoms with van der Waals surface area (Å²) in [5, 5.41) is 5.53. The van der Waals surface area contributed by atoms with Crippen molar-refractivity contribution < 1.29 is 19.1 Å². The minimum atomic E-state index is -0.747. The van der Waals surface area contributed by atoms with Crippen molar-refractivity contribution in [2.24, 2.45) is 5.92 Å². The van der Waals surface area contributed by atoms with Gasteiger partial charge in [0.1, 0.15) is 11.8 Å². The summed E-state index contributed by atoms with van der Waals surface area (Å²) in [6.07, 6.45) is 0. The highest BCUT2D eigenvalue weighted by Gasteiger charge is 2.26. The number of para-hydroxylation sites is 1. The van der Waals surface area contributed by atoms with Gasteiger partial charge in [-0.1, -0.05) is 38.1 Å². The molecule has 0 aliphatic carbocycles. The van der Waals surface area contributed by atoms with Gasteiger partial charge >= 0.3 is 0 Å². The number of carbonyl (C=O) groups excluding carboxylic acids is 3. The van der Waals surface area contributed by atoms with Gasteiger partial charge in [0, 0.05) is 11.3 Å². The van der Waals surface area contributed by atoms with Gasteiger partial charge in [-0.05, 0) is 37.1 Å². The van der Waals surface area contributed by atoms with Gasteiger partial charge in [-0.15, -0.1) is 0 Å². The van der Waals surface area contributed by atoms with Crippen molar-refractivity contribution in [1.82, 2.24) is 5.32 Å². The number of methoxy groups -OCH3 is 1. The Labute approximate surface area is 158 Å². The number of amides is 2. The summed E-state index contributed by atoms with van der Waals surface area (Å²) in [5.74, 6) is -0.532. The molecule has 2 aromatic rings. The summed E-state index contributed by atoms with van der Waals surface area (Å²) in [7, 11) is 1.49. The van der Waals surface area contributed by atoms with Crippen LogP contribution in [0.15, 0.2) is 48.5 Å². The van der Waals surface area contributed by atoms with Crippen molar-refractivity contribution in [3.05, 3.63) is 59.7 Å². The number of carbonyl (C=O) groups is 3. The molecule has 0 saturated heterocycles. The van der Waals surface area contributed by atoms with Crippen molar-refractivity contribution in [1.29, 1.82) is 0 Å². The number of hydrogen-bond donors (Lipinski definition) is 2. The molecule has 0 saturated carbocycles. The molecule has 27 heavy (non-hydrogen) atoms. The van der Waals surface area contributed by atoms with E-state index in [4.69, 9.17) is 4.74 Å². The molecule has 1 atom stereocenters. The summed E-state index contributed by atoms with van der Waals surface area (Å²) in [4.78, 5) is 36.8. The van der Waals surface area contributed by atoms with Crippen LogP contribution in [-0.2, 0) is 4.79 Å². The van der Waals surface area contributed by atoms with E-state index in [0.717, 1.165) is 0 Å². The molecule has 0 unspecified atom stereocenters. The molecule has 0 heterocycles. The first-order valence-electron chi connectivity index (χ1n) is 8.69. The molecule has 6 heteroatoms. The molecule has 2 rings (SSSR count). The van der Waals surface area contributed by atoms with E-state index in [2.05, 4.69) is 10.6 Å². The molecule has 0 radical (unpaired) electrons. The van der Waals surface area contributed by atoms with Gasteiger partial charge in [-0.25, -0.2) is 0 Å². The fraction of sp³-hybridized carbons (Fsp3) is 0.286. The molecule has 0 bridgehead atoms. The maximum atomic E-state index is 12.7. The maximum absolute atomic E-state index is 12.7. The number of rotatable bonds is 7. The van der Waals surface area contributed by atoms with Crippen molar-refractivity contribution >= 4 is 23.3 Å². The van der Waals surface area contributed by atoms with Crippen molar-refractivity contribution in [3.63, 3.8) is 0 Å². The van der Waals surface area contributed by atoms with Gasteiger partial charge in [0.05, 0.1) is 12.7 Å². The number of nitrogens with one attached hydrogen (secondary N) is 2. The molecule has 0 aromatic heterocycles. The second-order valence-electron chi connectivity index (χ2n) is 6.52. The number of ether oxygens (including phenoxy) is 1. The van der Waals surface area contributed by atoms with Crippen LogP contribution in [0.2, 0.25) is 0 Å². The number of Topliss-reactive ketones (excluding diaryl/α,β-unsaturated/α-hetero) is 1. The summed E-state index contributed by atoms with van der Waals surface area (Å²) in [5.41, 5.74) is 1.37. The van der Waals surface area contributed by atoms with E-state index in [9.17, 15) is 14.4 Å². The van der Waals surface area contributed by atoms with Crippen LogP contribution in [0.3, 0.4) is 0 Å². The summed E-state index contributed by atoms with van der Waals surface area (Å²) < 4.78 is 5.21. The standard InChI is InChI=1S/C21H24N2O4/c1-13(2)19(23-20(25)17-10-5-6-11-18(17)27-4)21(26)22-16-9-7-8-15(12-16)14(3)24/h5-13,19H,1-4H3,(H,22,26)(H,23,25)/t19-/m0/s1. The number of benzene rings is 2. The predicted molar refractivity (Wildman–Crippen MR) is 104 cm³/mol. The first-order chi connectivity index (χ1) is 12.8. The van der Waals surface area contributed by atoms with Gasteiger partial charge in [-0.3, -0.25) is 14.4 Å². The Kier molecular flexibility index (Phi) is 6.71. The summed E-state index contributed by atoms with van der Waals surface area (Å²) >= 11 is 0. The van der Waals surface area contributed by atoms with Crippen LogP contribution >= 0.6 is 0 Å². The van der Waals surface area contributed by atoms with E-state index in [1.165, 1.54) is 14.0 Å². The fourth-order valence-corrected chi connectivity index (χ4v) is 2.62. The molecule has 142 valence electrons. The third-order valence-electron chi connectivity index (χ3n) is 4.12. The third kappa shape index (κ3) is 5.17. The lowest BCUT2D eigenvalue weighted by molar-refractivity contribution is -0.118. The first kappa shape index (κ1) is 20.2. The Balaban J connectivity index is 2.17. The van der Waals surface area contributed by atoms with Gasteiger partial charge in [0.25, 0.3) is 5.91 Å². The predicted octanol–water partition coefficient (Wildman–Crippen LogP) is 3.29. The van der Waals surface area contributed by atoms with Gasteiger partial charge in [0.2, 0.25) is 5.91 Å². The van der Waals surface area contributed by atoms with E-state index in [1.807, 2.05) is 13.8 Å². The van der Waals surface area contributed by atoms with E-state index < -0.39 is 11.9 Å². The van der Waals surface area contributed by atoms with Crippen LogP contribution in [0.1, 0.15) is 41.5 Å². The smallest absolute Gasteiger partial charge is 0.255 e. The van der Waals surface area contributed by atoms with E-state index >= 15 is 0 Å². The molecule has 0 aliphatic rings. The molecular weight excluding hydrogens is 344 g/mol. The molecular formula is C21H24N2O4. The molecule has 2 aromatic carbocycles. The largest absolute Gasteiger partial charge is 0.496 e. The quantitative estimate of drug-likeness (QED) is 0.735. The van der Waals surface area contributed by atoms with Crippen molar-refractivity contribution in [2.45, 2.75) is 26.8 Å². The number of ketones is 1. The molecule has 2 amide bonds. The van der Waals surface area contributed by atoms with Gasteiger partial charge < -0.3 is 15.4 Å². The van der Waals surface area contributed by atoms with Gasteiger partial charge in [0.15, 0.2) is 5.78 Å². The summed E-state index contributed by atoms with van der Waals surface area (Å²) in [6, 6.07) is 12.8. The number of hydrogen-bond acceptors (Lipinski definition) is 4. The highest BCUT2D eigenvalue weighted by atomic mass is 16.5. The Bertz CT molecular complexity index is 846. The normalized spacial score (nSPS) is 11.6. The molecule has 0 aliphatic heterocycles. The van der Waals surface area contributed by atoms with Crippen LogP contribution in [0, 0.1) is 5.92 Å². The maximum Gasteiger partial charge on any atom is 0.255 e. The fourth-order valence-electron chi connectivity index (χ4n) is 2.62. The van der Waals surface area contributed by atoms with Crippen LogP contribution in [-0.4, -0.2) is 30.7 Å². The first-order valence-corrected chi connectivity index (χ1v) is 8.69. The highest BCUT2D eigenvalue weighted by Crippen LogP contribution is 2.18. The zero-order valence-electron chi connectivity index (χ0n) is 15.9. The Morgan fingerprint density at radius 2 is 1.70 bits per heavy atom. The molecule has 0 fully saturated rings. The summed E-state index contributed by atoms with van der Waals surface area (Å²) in [6.45, 7) is 5.16. The lowest BCUT2D eigenvalue weighted by Gasteiger charge is -2.22. The van der Waals surface area contributed by atoms with Crippen LogP contribution < -0.4 is 15.4 Å². The topological polar surface area (TPSA) is 84.5 Å². The second kappa shape index (κ2) is 8.98. The van der Waals surface area contributed by atoms with E-state index in [0.29, 0.717) is 22.6 Å². The average Bonchev–Trinajstić information content (AvgIpc) is 2.65. The van der Waals surface area contributed by atoms with Crippen molar-refractivity contribution in [2.75, 3.05) is 12.4 Å². The zero-order chi connectivity index (χ0) is 20.0. The Morgan fingerprint density at radius 1 is 1.00 bits per heavy atom. The average molecular weight is 368 g/mol. The molecule has 6 nitrogen and oxygen atoms in total. The molecule has 0 spiro atoms. The third-order valence-corrected chi connectivity index (χ3v) is 4.12. The lowest BCUT2D eigenvalue weighted by Crippen LogP contribution is -2.47. The molecule has 2 N–H and O–H groups in total. The second-order valence-corrected chi connectivity index (χ2v) is 6.52. The Morgan fingerprint density at radius 3 is 2.33 bits per heavy atom. The monoisotopic (exact) mass is 368 g/mol. The van der Waals surface area contributed by atoms with Gasteiger partial charge in [-0.2, -0.15) is 0 Å². The van der Waals surface area contributed by atoms with E-state index in [1.54, 1.807) is 48.5 Å². The zero-order valence-corrected chi connectivity index (χ0v) is 15.9. The van der Waals surface area contributed by atoms with Crippen molar-refractivity contribution in [3.8, 4) is 5.75 Å². The van der Waals surface area contributed by atoms with Crippen LogP contribution in [0.4, 0.5) is 5.69 Å². The highest BCUT2D eigenvalue weighted by molar-refractivity contribution is 6.03. The minimum absolute atomic E-state index is 0.0871. The van der Waals surface area contributed by atoms with Crippen LogP contribution in [0.25, 0.3) is 0 Å². The minimum Gasteiger partial charge on any atom is -0.496 e. The Hall–Kier alpha value is -3.15. The van der Waals surface area contributed by atoms with Crippen LogP contribution in [0.5, 0.6) is 5.75 Å². The van der Waals surface area contributed by atoms with E-state index in [-0.39, 0.29) is 17.6 Å².